The first-order valence-electron chi connectivity index (χ1n) is 40.4. The van der Waals surface area contributed by atoms with E-state index in [4.69, 9.17) is 66.8 Å². The van der Waals surface area contributed by atoms with Crippen molar-refractivity contribution in [2.24, 2.45) is 51.4 Å². The summed E-state index contributed by atoms with van der Waals surface area (Å²) in [5, 5.41) is 8.49. The molecule has 0 aromatic heterocycles. The standard InChI is InChI=1S/C87H114N6O20/c1-58(2)71(23-22-70(94)25-30-104-32-34-106-36-38-108-40-42-110-44-45-111-43-41-109-39-37-107-35-33-105-31-26-88-83(97)24-27-93-84(98)53-72(87(93)101)62-12-9-7-6-8-10-13-62)86(100)91-59(3)85(99)92-69-20-18-61(19-21-69)65-47-66-50-78(96)74-52-80(103-5)82(55-76(74)90-57-68(66)48-65)113-29-11-28-112-81-54-75-73(51-79(81)102-4)77(95)49-64-17-16-63(60-14-15-60)46-67(64)56-89-75/h16-23,47,50-52,54-60,62,67-68,71-72H,6-15,24-46,48-49,53H2,1-5H3,(H,88,97)(H,91,100)(H,92,99)/b23-22+,66-50-,89-56?,90-57?/t59-,67-,68-,71?,72?/m0/s1. The van der Waals surface area contributed by atoms with Crippen LogP contribution in [0.2, 0.25) is 0 Å². The van der Waals surface area contributed by atoms with Gasteiger partial charge in [0.05, 0.1) is 162 Å². The normalized spacial score (nSPS) is 19.4. The van der Waals surface area contributed by atoms with Gasteiger partial charge >= 0.3 is 0 Å². The van der Waals surface area contributed by atoms with E-state index in [9.17, 15) is 38.4 Å². The number of imide groups is 1. The minimum atomic E-state index is -0.887. The monoisotopic (exact) mass is 1560 g/mol. The zero-order valence-electron chi connectivity index (χ0n) is 66.3. The van der Waals surface area contributed by atoms with Gasteiger partial charge in [0.1, 0.15) is 6.04 Å². The Labute approximate surface area is 663 Å². The minimum Gasteiger partial charge on any atom is -0.493 e. The van der Waals surface area contributed by atoms with Crippen LogP contribution in [0.5, 0.6) is 23.0 Å². The summed E-state index contributed by atoms with van der Waals surface area (Å²) in [6.45, 7) is 12.2. The smallest absolute Gasteiger partial charge is 0.246 e. The van der Waals surface area contributed by atoms with Gasteiger partial charge in [-0.15, -0.1) is 0 Å². The number of nitrogens with one attached hydrogen (secondary N) is 3. The molecule has 10 rings (SSSR count). The first-order valence-corrected chi connectivity index (χ1v) is 40.4. The molecule has 5 atom stereocenters. The lowest BCUT2D eigenvalue weighted by Crippen LogP contribution is -2.44. The molecule has 26 heteroatoms. The second kappa shape index (κ2) is 45.9. The van der Waals surface area contributed by atoms with E-state index >= 15 is 0 Å². The number of benzene rings is 3. The SMILES string of the molecule is COc1cc2c(cc1OCCCOc1cc3c(cc1OC)C(=O)CC1=CC=C(C4CC4)C[C@H]1C=N3)N=C[C@@H]1CC(c3ccc(NC(=O)[C@H](C)NC(=O)C(/C=C/C(=O)CCOCCOCCOCCOCCOCCOCCOCCOCCNC(=O)CCN4C(=O)CC(C5CCCCCCC5)C4=O)C(C)C)cc3)=C/C1=C/C2=O. The molecular formula is C87H114N6O20. The Hall–Kier alpha value is -8.86. The molecular weight excluding hydrogens is 1450 g/mol. The van der Waals surface area contributed by atoms with E-state index in [2.05, 4.69) is 28.1 Å². The number of carbonyl (C=O) groups excluding carboxylic acids is 8. The van der Waals surface area contributed by atoms with Gasteiger partial charge < -0.3 is 72.8 Å². The van der Waals surface area contributed by atoms with Crippen molar-refractivity contribution in [1.29, 1.82) is 0 Å². The summed E-state index contributed by atoms with van der Waals surface area (Å²) < 4.78 is 68.3. The molecule has 3 aromatic carbocycles. The van der Waals surface area contributed by atoms with Gasteiger partial charge in [-0.1, -0.05) is 93.5 Å². The highest BCUT2D eigenvalue weighted by molar-refractivity contribution is 6.11. The predicted octanol–water partition coefficient (Wildman–Crippen LogP) is 11.7. The molecule has 2 unspecified atom stereocenters. The van der Waals surface area contributed by atoms with Crippen molar-refractivity contribution in [3.8, 4) is 23.0 Å². The van der Waals surface area contributed by atoms with E-state index in [0.29, 0.717) is 182 Å². The number of likely N-dealkylation sites (tertiary alicyclic amines) is 1. The number of methoxy groups -OCH3 is 2. The van der Waals surface area contributed by atoms with Crippen LogP contribution in [0.3, 0.4) is 0 Å². The van der Waals surface area contributed by atoms with Crippen molar-refractivity contribution in [1.82, 2.24) is 15.5 Å². The maximum absolute atomic E-state index is 13.9. The van der Waals surface area contributed by atoms with Crippen molar-refractivity contribution >= 4 is 82.0 Å². The van der Waals surface area contributed by atoms with Crippen LogP contribution in [-0.4, -0.2) is 216 Å². The second-order valence-corrected chi connectivity index (χ2v) is 29.7. The van der Waals surface area contributed by atoms with Crippen LogP contribution in [0, 0.1) is 41.4 Å². The number of ketones is 3. The molecule has 0 radical (unpaired) electrons. The average molecular weight is 1560 g/mol. The van der Waals surface area contributed by atoms with Crippen LogP contribution < -0.4 is 34.9 Å². The van der Waals surface area contributed by atoms with Gasteiger partial charge in [0, 0.05) is 92.8 Å². The molecule has 5 amide bonds. The Morgan fingerprint density at radius 2 is 1.12 bits per heavy atom. The predicted molar refractivity (Wildman–Crippen MR) is 427 cm³/mol. The maximum Gasteiger partial charge on any atom is 0.246 e. The fourth-order valence-corrected chi connectivity index (χ4v) is 14.5. The number of hydrogen-bond donors (Lipinski definition) is 3. The van der Waals surface area contributed by atoms with Gasteiger partial charge in [0.15, 0.2) is 40.3 Å². The first kappa shape index (κ1) is 86.5. The zero-order valence-corrected chi connectivity index (χ0v) is 66.3. The second-order valence-electron chi connectivity index (χ2n) is 29.7. The van der Waals surface area contributed by atoms with Crippen LogP contribution in [0.4, 0.5) is 17.1 Å². The van der Waals surface area contributed by atoms with E-state index < -0.39 is 17.9 Å². The molecule has 3 fully saturated rings. The Kier molecular flexibility index (Phi) is 35.1. The Morgan fingerprint density at radius 1 is 0.566 bits per heavy atom. The number of hydrogen-bond acceptors (Lipinski definition) is 22. The number of Topliss-reactive ketones (excluding diaryl/α,β-unsaturated/α-hetero) is 1. The van der Waals surface area contributed by atoms with Crippen LogP contribution in [-0.2, 0) is 66.7 Å². The van der Waals surface area contributed by atoms with Crippen molar-refractivity contribution in [3.05, 3.63) is 118 Å². The lowest BCUT2D eigenvalue weighted by atomic mass is 9.81. The molecule has 612 valence electrons. The van der Waals surface area contributed by atoms with E-state index in [1.165, 1.54) is 55.8 Å². The number of nitrogens with zero attached hydrogens (tertiary/aromatic N) is 3. The molecule has 2 saturated carbocycles. The van der Waals surface area contributed by atoms with Crippen LogP contribution in [0.25, 0.3) is 5.57 Å². The zero-order chi connectivity index (χ0) is 79.7. The van der Waals surface area contributed by atoms with Gasteiger partial charge in [0.25, 0.3) is 0 Å². The molecule has 4 aliphatic carbocycles. The lowest BCUT2D eigenvalue weighted by Gasteiger charge is -2.24. The van der Waals surface area contributed by atoms with Crippen LogP contribution in [0.15, 0.2) is 112 Å². The Balaban J connectivity index is 0.515. The van der Waals surface area contributed by atoms with Gasteiger partial charge in [-0.3, -0.25) is 53.2 Å². The van der Waals surface area contributed by atoms with E-state index in [1.54, 1.807) is 62.6 Å². The average Bonchev–Trinajstić information content (AvgIpc) is 1.04. The number of carbonyl (C=O) groups is 8. The van der Waals surface area contributed by atoms with E-state index in [1.807, 2.05) is 44.5 Å². The van der Waals surface area contributed by atoms with Crippen molar-refractivity contribution in [3.63, 3.8) is 0 Å². The number of anilines is 1. The maximum atomic E-state index is 13.9. The van der Waals surface area contributed by atoms with Gasteiger partial charge in [-0.05, 0) is 116 Å². The minimum absolute atomic E-state index is 0.00174. The number of fused-ring (bicyclic) bond motifs is 4. The summed E-state index contributed by atoms with van der Waals surface area (Å²) in [6, 6.07) is 13.4. The van der Waals surface area contributed by atoms with Gasteiger partial charge in [-0.2, -0.15) is 0 Å². The van der Waals surface area contributed by atoms with Crippen molar-refractivity contribution in [2.75, 3.05) is 152 Å². The highest BCUT2D eigenvalue weighted by Crippen LogP contribution is 2.46. The summed E-state index contributed by atoms with van der Waals surface area (Å²) >= 11 is 0. The fourth-order valence-electron chi connectivity index (χ4n) is 14.5. The molecule has 3 heterocycles. The molecule has 0 bridgehead atoms. The highest BCUT2D eigenvalue weighted by atomic mass is 16.6. The molecule has 113 heavy (non-hydrogen) atoms. The fraction of sp³-hybridized carbons (Fsp3) is 0.563. The van der Waals surface area contributed by atoms with Gasteiger partial charge in [-0.25, -0.2) is 0 Å². The molecule has 3 aliphatic heterocycles. The van der Waals surface area contributed by atoms with Crippen LogP contribution >= 0.6 is 0 Å². The third-order valence-corrected chi connectivity index (χ3v) is 21.1. The molecule has 26 nitrogen and oxygen atoms in total. The summed E-state index contributed by atoms with van der Waals surface area (Å²) in [4.78, 5) is 116. The number of amides is 5. The quantitative estimate of drug-likeness (QED) is 0.0269. The number of allylic oxidation sites excluding steroid dienone is 9. The van der Waals surface area contributed by atoms with Crippen molar-refractivity contribution < 1.29 is 95.2 Å². The molecule has 3 aromatic rings. The van der Waals surface area contributed by atoms with Crippen molar-refractivity contribution in [2.45, 2.75) is 130 Å². The number of rotatable bonds is 48. The lowest BCUT2D eigenvalue weighted by molar-refractivity contribution is -0.140. The summed E-state index contributed by atoms with van der Waals surface area (Å²) in [5.74, 6) is -0.173. The van der Waals surface area contributed by atoms with Crippen LogP contribution in [0.1, 0.15) is 150 Å². The molecule has 7 aliphatic rings. The van der Waals surface area contributed by atoms with Gasteiger partial charge in [0.2, 0.25) is 29.5 Å². The van der Waals surface area contributed by atoms with E-state index in [-0.39, 0.29) is 116 Å². The third-order valence-electron chi connectivity index (χ3n) is 21.1. The largest absolute Gasteiger partial charge is 0.493 e. The Bertz CT molecular complexity index is 3940. The summed E-state index contributed by atoms with van der Waals surface area (Å²) in [7, 11) is 3.07. The summed E-state index contributed by atoms with van der Waals surface area (Å²) in [5.41, 5.74) is 7.67. The molecule has 0 spiro atoms. The topological polar surface area (TPSA) is 311 Å². The first-order chi connectivity index (χ1) is 55.0. The van der Waals surface area contributed by atoms with E-state index in [0.717, 1.165) is 54.4 Å². The Morgan fingerprint density at radius 3 is 1.70 bits per heavy atom. The highest BCUT2D eigenvalue weighted by Gasteiger charge is 2.43. The third kappa shape index (κ3) is 27.1. The number of ether oxygens (including phenoxy) is 12. The summed E-state index contributed by atoms with van der Waals surface area (Å²) in [6.07, 6.45) is 27.8. The molecule has 1 saturated heterocycles. The number of aliphatic imine (C=N–C) groups is 2. The molecule has 3 N–H and O–H groups in total.